The van der Waals surface area contributed by atoms with Crippen molar-refractivity contribution in [3.05, 3.63) is 59.2 Å². The van der Waals surface area contributed by atoms with E-state index in [1.54, 1.807) is 13.0 Å². The van der Waals surface area contributed by atoms with E-state index in [0.717, 1.165) is 11.1 Å². The number of urea groups is 1. The second kappa shape index (κ2) is 10.9. The molecular formula is C22H27N3O6S. The Balaban J connectivity index is 1.87. The molecule has 0 spiro atoms. The van der Waals surface area contributed by atoms with Crippen molar-refractivity contribution in [1.82, 2.24) is 10.0 Å². The SMILES string of the molecule is CCC(C)NS(=O)(=O)c1ccc(C(=O)OCC(=O)NC(=O)Nc2ccc(C)cc2C)cc1. The molecule has 0 radical (unpaired) electrons. The lowest BCUT2D eigenvalue weighted by molar-refractivity contribution is -0.123. The first-order valence-electron chi connectivity index (χ1n) is 9.99. The first kappa shape index (κ1) is 25.0. The van der Waals surface area contributed by atoms with Crippen LogP contribution in [0.3, 0.4) is 0 Å². The molecule has 0 heterocycles. The molecule has 2 rings (SSSR count). The number of esters is 1. The molecule has 0 saturated carbocycles. The second-order valence-electron chi connectivity index (χ2n) is 7.35. The Morgan fingerprint density at radius 2 is 1.69 bits per heavy atom. The lowest BCUT2D eigenvalue weighted by atomic mass is 10.1. The van der Waals surface area contributed by atoms with Crippen LogP contribution in [0.15, 0.2) is 47.4 Å². The number of hydrogen-bond acceptors (Lipinski definition) is 6. The molecule has 0 aliphatic carbocycles. The van der Waals surface area contributed by atoms with Crippen LogP contribution < -0.4 is 15.4 Å². The number of imide groups is 1. The van der Waals surface area contributed by atoms with E-state index in [2.05, 4.69) is 15.4 Å². The highest BCUT2D eigenvalue weighted by Crippen LogP contribution is 2.16. The summed E-state index contributed by atoms with van der Waals surface area (Å²) in [7, 11) is -3.70. The van der Waals surface area contributed by atoms with Crippen molar-refractivity contribution in [2.45, 2.75) is 45.1 Å². The third-order valence-corrected chi connectivity index (χ3v) is 6.19. The summed E-state index contributed by atoms with van der Waals surface area (Å²) in [5, 5.41) is 4.63. The Bertz CT molecular complexity index is 1100. The molecule has 1 atom stereocenters. The van der Waals surface area contributed by atoms with Gasteiger partial charge in [0.2, 0.25) is 10.0 Å². The fourth-order valence-corrected chi connectivity index (χ4v) is 4.00. The maximum atomic E-state index is 12.3. The molecule has 10 heteroatoms. The van der Waals surface area contributed by atoms with Crippen molar-refractivity contribution < 1.29 is 27.5 Å². The molecular weight excluding hydrogens is 434 g/mol. The van der Waals surface area contributed by atoms with E-state index in [4.69, 9.17) is 4.74 Å². The number of anilines is 1. The van der Waals surface area contributed by atoms with Gasteiger partial charge < -0.3 is 10.1 Å². The predicted octanol–water partition coefficient (Wildman–Crippen LogP) is 2.89. The maximum Gasteiger partial charge on any atom is 0.338 e. The van der Waals surface area contributed by atoms with Gasteiger partial charge in [0.25, 0.3) is 5.91 Å². The Labute approximate surface area is 187 Å². The van der Waals surface area contributed by atoms with E-state index in [0.29, 0.717) is 12.1 Å². The van der Waals surface area contributed by atoms with E-state index >= 15 is 0 Å². The van der Waals surface area contributed by atoms with Gasteiger partial charge in [-0.25, -0.2) is 22.7 Å². The van der Waals surface area contributed by atoms with E-state index < -0.39 is 34.5 Å². The number of rotatable bonds is 8. The maximum absolute atomic E-state index is 12.3. The zero-order valence-electron chi connectivity index (χ0n) is 18.4. The Hall–Kier alpha value is -3.24. The van der Waals surface area contributed by atoms with Gasteiger partial charge in [-0.1, -0.05) is 24.6 Å². The largest absolute Gasteiger partial charge is 0.452 e. The number of amides is 3. The van der Waals surface area contributed by atoms with E-state index in [-0.39, 0.29) is 16.5 Å². The molecule has 0 aliphatic rings. The number of carbonyl (C=O) groups is 3. The van der Waals surface area contributed by atoms with Crippen molar-refractivity contribution in [3.8, 4) is 0 Å². The first-order chi connectivity index (χ1) is 15.0. The highest BCUT2D eigenvalue weighted by atomic mass is 32.2. The quantitative estimate of drug-likeness (QED) is 0.518. The average molecular weight is 462 g/mol. The number of aryl methyl sites for hydroxylation is 2. The molecule has 3 amide bonds. The van der Waals surface area contributed by atoms with Crippen LogP contribution in [0.2, 0.25) is 0 Å². The Morgan fingerprint density at radius 1 is 1.03 bits per heavy atom. The van der Waals surface area contributed by atoms with E-state index in [1.807, 2.05) is 32.9 Å². The third kappa shape index (κ3) is 7.17. The monoisotopic (exact) mass is 461 g/mol. The van der Waals surface area contributed by atoms with Gasteiger partial charge in [0.1, 0.15) is 0 Å². The summed E-state index contributed by atoms with van der Waals surface area (Å²) in [6.07, 6.45) is 0.633. The van der Waals surface area contributed by atoms with E-state index in [1.165, 1.54) is 24.3 Å². The molecule has 0 saturated heterocycles. The smallest absolute Gasteiger partial charge is 0.338 e. The van der Waals surface area contributed by atoms with Crippen LogP contribution in [0.1, 0.15) is 41.8 Å². The van der Waals surface area contributed by atoms with Crippen LogP contribution in [0.5, 0.6) is 0 Å². The summed E-state index contributed by atoms with van der Waals surface area (Å²) < 4.78 is 31.9. The van der Waals surface area contributed by atoms with Crippen molar-refractivity contribution in [2.24, 2.45) is 0 Å². The molecule has 1 unspecified atom stereocenters. The zero-order chi connectivity index (χ0) is 23.9. The molecule has 3 N–H and O–H groups in total. The number of nitrogens with one attached hydrogen (secondary N) is 3. The topological polar surface area (TPSA) is 131 Å². The highest BCUT2D eigenvalue weighted by molar-refractivity contribution is 7.89. The van der Waals surface area contributed by atoms with Gasteiger partial charge in [-0.3, -0.25) is 10.1 Å². The number of benzene rings is 2. The van der Waals surface area contributed by atoms with E-state index in [9.17, 15) is 22.8 Å². The second-order valence-corrected chi connectivity index (χ2v) is 9.07. The summed E-state index contributed by atoms with van der Waals surface area (Å²) in [5.74, 6) is -1.63. The molecule has 0 fully saturated rings. The first-order valence-corrected chi connectivity index (χ1v) is 11.5. The lowest BCUT2D eigenvalue weighted by Crippen LogP contribution is -2.37. The summed E-state index contributed by atoms with van der Waals surface area (Å²) in [6, 6.07) is 9.58. The lowest BCUT2D eigenvalue weighted by Gasteiger charge is -2.12. The van der Waals surface area contributed by atoms with Gasteiger partial charge in [-0.2, -0.15) is 0 Å². The molecule has 172 valence electrons. The third-order valence-electron chi connectivity index (χ3n) is 4.59. The Morgan fingerprint density at radius 3 is 2.28 bits per heavy atom. The number of carbonyl (C=O) groups excluding carboxylic acids is 3. The summed E-state index contributed by atoms with van der Waals surface area (Å²) in [4.78, 5) is 36.0. The van der Waals surface area contributed by atoms with Gasteiger partial charge in [0.05, 0.1) is 10.5 Å². The van der Waals surface area contributed by atoms with Crippen LogP contribution in [0.25, 0.3) is 0 Å². The van der Waals surface area contributed by atoms with Crippen molar-refractivity contribution >= 4 is 33.6 Å². The van der Waals surface area contributed by atoms with Crippen LogP contribution in [0, 0.1) is 13.8 Å². The average Bonchev–Trinajstić information content (AvgIpc) is 2.73. The van der Waals surface area contributed by atoms with Crippen LogP contribution in [-0.4, -0.2) is 39.0 Å². The standard InChI is InChI=1S/C22H27N3O6S/c1-5-16(4)25-32(29,30)18-9-7-17(8-10-18)21(27)31-13-20(26)24-22(28)23-19-11-6-14(2)12-15(19)3/h6-12,16,25H,5,13H2,1-4H3,(H2,23,24,26,28). The molecule has 0 aromatic heterocycles. The fourth-order valence-electron chi connectivity index (χ4n) is 2.67. The minimum atomic E-state index is -3.70. The molecule has 2 aromatic rings. The van der Waals surface area contributed by atoms with Crippen molar-refractivity contribution in [1.29, 1.82) is 0 Å². The minimum Gasteiger partial charge on any atom is -0.452 e. The summed E-state index contributed by atoms with van der Waals surface area (Å²) >= 11 is 0. The number of ether oxygens (including phenoxy) is 1. The fraction of sp³-hybridized carbons (Fsp3) is 0.318. The van der Waals surface area contributed by atoms with Gasteiger partial charge >= 0.3 is 12.0 Å². The highest BCUT2D eigenvalue weighted by Gasteiger charge is 2.18. The van der Waals surface area contributed by atoms with Gasteiger partial charge in [-0.05, 0) is 63.1 Å². The number of sulfonamides is 1. The normalized spacial score (nSPS) is 12.0. The van der Waals surface area contributed by atoms with Gasteiger partial charge in [0, 0.05) is 11.7 Å². The molecule has 0 aliphatic heterocycles. The van der Waals surface area contributed by atoms with Crippen LogP contribution in [-0.2, 0) is 19.6 Å². The molecule has 0 bridgehead atoms. The molecule has 2 aromatic carbocycles. The van der Waals surface area contributed by atoms with Gasteiger partial charge in [0.15, 0.2) is 6.61 Å². The van der Waals surface area contributed by atoms with Crippen LogP contribution >= 0.6 is 0 Å². The van der Waals surface area contributed by atoms with Crippen molar-refractivity contribution in [3.63, 3.8) is 0 Å². The Kier molecular flexibility index (Phi) is 8.50. The summed E-state index contributed by atoms with van der Waals surface area (Å²) in [6.45, 7) is 6.68. The predicted molar refractivity (Wildman–Crippen MR) is 120 cm³/mol. The van der Waals surface area contributed by atoms with Crippen molar-refractivity contribution in [2.75, 3.05) is 11.9 Å². The summed E-state index contributed by atoms with van der Waals surface area (Å²) in [5.41, 5.74) is 2.49. The molecule has 9 nitrogen and oxygen atoms in total. The van der Waals surface area contributed by atoms with Gasteiger partial charge in [-0.15, -0.1) is 0 Å². The number of hydrogen-bond donors (Lipinski definition) is 3. The minimum absolute atomic E-state index is 0.00941. The zero-order valence-corrected chi connectivity index (χ0v) is 19.2. The molecule has 32 heavy (non-hydrogen) atoms. The van der Waals surface area contributed by atoms with Crippen LogP contribution in [0.4, 0.5) is 10.5 Å².